The van der Waals surface area contributed by atoms with Crippen LogP contribution >= 0.6 is 11.3 Å². The normalized spacial score (nSPS) is 11.5. The van der Waals surface area contributed by atoms with E-state index in [1.54, 1.807) is 0 Å². The number of nitrogens with zero attached hydrogens (tertiary/aromatic N) is 2. The Morgan fingerprint density at radius 1 is 0.298 bits per heavy atom. The number of benzene rings is 9. The lowest BCUT2D eigenvalue weighted by Gasteiger charge is -2.14. The topological polar surface area (TPSA) is 25.8 Å². The highest BCUT2D eigenvalue weighted by atomic mass is 32.1. The predicted molar refractivity (Wildman–Crippen MR) is 243 cm³/mol. The summed E-state index contributed by atoms with van der Waals surface area (Å²) in [5.74, 6) is 0.701. The molecule has 0 atom stereocenters. The first-order valence-corrected chi connectivity index (χ1v) is 20.1. The molecule has 0 unspecified atom stereocenters. The molecule has 2 aromatic heterocycles. The van der Waals surface area contributed by atoms with Crippen LogP contribution in [0, 0.1) is 0 Å². The molecule has 0 bridgehead atoms. The lowest BCUT2D eigenvalue weighted by atomic mass is 9.93. The molecule has 0 amide bonds. The van der Waals surface area contributed by atoms with E-state index in [0.717, 1.165) is 39.2 Å². The molecule has 57 heavy (non-hydrogen) atoms. The highest BCUT2D eigenvalue weighted by Gasteiger charge is 2.16. The van der Waals surface area contributed by atoms with Crippen LogP contribution < -0.4 is 0 Å². The van der Waals surface area contributed by atoms with Crippen LogP contribution in [0.3, 0.4) is 0 Å². The predicted octanol–water partition coefficient (Wildman–Crippen LogP) is 15.2. The Hall–Kier alpha value is -7.20. The van der Waals surface area contributed by atoms with E-state index in [1.165, 1.54) is 64.0 Å². The number of fused-ring (bicyclic) bond motifs is 6. The Balaban J connectivity index is 1.05. The van der Waals surface area contributed by atoms with E-state index < -0.39 is 0 Å². The van der Waals surface area contributed by atoms with Gasteiger partial charge >= 0.3 is 0 Å². The van der Waals surface area contributed by atoms with Gasteiger partial charge in [0, 0.05) is 36.9 Å². The molecule has 0 spiro atoms. The molecular weight excluding hydrogens is 709 g/mol. The first-order valence-electron chi connectivity index (χ1n) is 19.3. The van der Waals surface area contributed by atoms with Crippen molar-refractivity contribution >= 4 is 53.1 Å². The number of hydrogen-bond donors (Lipinski definition) is 0. The molecule has 11 aromatic rings. The second-order valence-corrected chi connectivity index (χ2v) is 15.6. The summed E-state index contributed by atoms with van der Waals surface area (Å²) in [7, 11) is 0. The minimum Gasteiger partial charge on any atom is -0.228 e. The lowest BCUT2D eigenvalue weighted by Crippen LogP contribution is -1.96. The molecule has 0 radical (unpaired) electrons. The van der Waals surface area contributed by atoms with Crippen LogP contribution in [-0.4, -0.2) is 9.97 Å². The average Bonchev–Trinajstić information content (AvgIpc) is 3.68. The average molecular weight is 743 g/mol. The second-order valence-electron chi connectivity index (χ2n) is 14.6. The van der Waals surface area contributed by atoms with E-state index in [-0.39, 0.29) is 0 Å². The summed E-state index contributed by atoms with van der Waals surface area (Å²) < 4.78 is 2.59. The molecule has 0 saturated carbocycles. The third-order valence-corrected chi connectivity index (χ3v) is 12.3. The highest BCUT2D eigenvalue weighted by Crippen LogP contribution is 2.42. The number of thiophene rings is 1. The molecule has 9 aromatic carbocycles. The van der Waals surface area contributed by atoms with Crippen molar-refractivity contribution in [3.8, 4) is 67.3 Å². The van der Waals surface area contributed by atoms with Crippen molar-refractivity contribution in [2.75, 3.05) is 0 Å². The standard InChI is InChI=1S/C54H34N2S/c1-3-12-35(13-4-1)42-31-43(47-19-11-20-49-48-18-9-10-21-52(48)57-53(47)49)33-44(32-42)51-34-50(55-54(56-51)39-15-5-2-6-16-39)38-25-22-36(23-26-38)40-28-29-46-41(30-40)27-24-37-14-7-8-17-45(37)46/h1-34H. The van der Waals surface area contributed by atoms with Crippen LogP contribution in [0.5, 0.6) is 0 Å². The van der Waals surface area contributed by atoms with Crippen molar-refractivity contribution in [2.45, 2.75) is 0 Å². The molecule has 266 valence electrons. The van der Waals surface area contributed by atoms with Gasteiger partial charge in [-0.05, 0) is 91.3 Å². The third-order valence-electron chi connectivity index (χ3n) is 11.1. The van der Waals surface area contributed by atoms with Gasteiger partial charge in [0.15, 0.2) is 5.82 Å². The van der Waals surface area contributed by atoms with Crippen LogP contribution in [0.15, 0.2) is 206 Å². The van der Waals surface area contributed by atoms with Gasteiger partial charge in [-0.25, -0.2) is 9.97 Å². The first-order chi connectivity index (χ1) is 28.2. The van der Waals surface area contributed by atoms with Gasteiger partial charge in [0.2, 0.25) is 0 Å². The molecule has 2 heterocycles. The van der Waals surface area contributed by atoms with Crippen molar-refractivity contribution in [3.05, 3.63) is 206 Å². The van der Waals surface area contributed by atoms with Gasteiger partial charge in [0.05, 0.1) is 11.4 Å². The van der Waals surface area contributed by atoms with Crippen LogP contribution in [0.4, 0.5) is 0 Å². The minimum absolute atomic E-state index is 0.701. The van der Waals surface area contributed by atoms with Crippen molar-refractivity contribution in [1.29, 1.82) is 0 Å². The molecular formula is C54H34N2S. The van der Waals surface area contributed by atoms with Crippen LogP contribution in [0.2, 0.25) is 0 Å². The summed E-state index contributed by atoms with van der Waals surface area (Å²) >= 11 is 1.86. The molecule has 2 nitrogen and oxygen atoms in total. The summed E-state index contributed by atoms with van der Waals surface area (Å²) in [4.78, 5) is 10.5. The van der Waals surface area contributed by atoms with Gasteiger partial charge in [-0.15, -0.1) is 11.3 Å². The van der Waals surface area contributed by atoms with Crippen molar-refractivity contribution in [2.24, 2.45) is 0 Å². The number of rotatable bonds is 6. The first kappa shape index (κ1) is 33.2. The van der Waals surface area contributed by atoms with E-state index in [4.69, 9.17) is 9.97 Å². The molecule has 0 N–H and O–H groups in total. The van der Waals surface area contributed by atoms with Crippen LogP contribution in [0.1, 0.15) is 0 Å². The number of hydrogen-bond acceptors (Lipinski definition) is 3. The fraction of sp³-hybridized carbons (Fsp3) is 0. The van der Waals surface area contributed by atoms with Gasteiger partial charge in [-0.3, -0.25) is 0 Å². The highest BCUT2D eigenvalue weighted by molar-refractivity contribution is 7.26. The SMILES string of the molecule is c1ccc(-c2cc(-c3cc(-c4ccc(-c5ccc6c(ccc7ccccc76)c5)cc4)nc(-c4ccccc4)n3)cc(-c3cccc4c3sc3ccccc34)c2)cc1. The van der Waals surface area contributed by atoms with Crippen molar-refractivity contribution < 1.29 is 0 Å². The molecule has 0 aliphatic carbocycles. The van der Waals surface area contributed by atoms with Gasteiger partial charge in [-0.1, -0.05) is 170 Å². The Labute approximate surface area is 335 Å². The summed E-state index contributed by atoms with van der Waals surface area (Å²) in [6.45, 7) is 0. The van der Waals surface area contributed by atoms with E-state index in [2.05, 4.69) is 188 Å². The smallest absolute Gasteiger partial charge is 0.160 e. The van der Waals surface area contributed by atoms with Gasteiger partial charge < -0.3 is 0 Å². The molecule has 3 heteroatoms. The van der Waals surface area contributed by atoms with Crippen molar-refractivity contribution in [3.63, 3.8) is 0 Å². The Morgan fingerprint density at radius 3 is 1.70 bits per heavy atom. The minimum atomic E-state index is 0.701. The van der Waals surface area contributed by atoms with E-state index >= 15 is 0 Å². The van der Waals surface area contributed by atoms with Gasteiger partial charge in [-0.2, -0.15) is 0 Å². The molecule has 0 saturated heterocycles. The zero-order valence-corrected chi connectivity index (χ0v) is 31.7. The molecule has 0 aliphatic heterocycles. The fourth-order valence-corrected chi connectivity index (χ4v) is 9.43. The van der Waals surface area contributed by atoms with Crippen molar-refractivity contribution in [1.82, 2.24) is 9.97 Å². The maximum atomic E-state index is 5.27. The van der Waals surface area contributed by atoms with E-state index in [9.17, 15) is 0 Å². The largest absolute Gasteiger partial charge is 0.228 e. The maximum Gasteiger partial charge on any atom is 0.160 e. The molecule has 0 fully saturated rings. The zero-order chi connectivity index (χ0) is 37.7. The Bertz CT molecular complexity index is 3270. The second kappa shape index (κ2) is 13.8. The summed E-state index contributed by atoms with van der Waals surface area (Å²) in [5, 5.41) is 7.64. The summed E-state index contributed by atoms with van der Waals surface area (Å²) in [6, 6.07) is 74.0. The van der Waals surface area contributed by atoms with Crippen LogP contribution in [-0.2, 0) is 0 Å². The molecule has 11 rings (SSSR count). The zero-order valence-electron chi connectivity index (χ0n) is 30.9. The number of aromatic nitrogens is 2. The molecule has 0 aliphatic rings. The van der Waals surface area contributed by atoms with E-state index in [0.29, 0.717) is 5.82 Å². The quantitative estimate of drug-likeness (QED) is 0.159. The van der Waals surface area contributed by atoms with Crippen LogP contribution in [0.25, 0.3) is 109 Å². The maximum absolute atomic E-state index is 5.27. The summed E-state index contributed by atoms with van der Waals surface area (Å²) in [6.07, 6.45) is 0. The third kappa shape index (κ3) is 6.06. The van der Waals surface area contributed by atoms with Gasteiger partial charge in [0.1, 0.15) is 0 Å². The monoisotopic (exact) mass is 742 g/mol. The van der Waals surface area contributed by atoms with Gasteiger partial charge in [0.25, 0.3) is 0 Å². The Morgan fingerprint density at radius 2 is 0.877 bits per heavy atom. The Kier molecular flexibility index (Phi) is 8.04. The van der Waals surface area contributed by atoms with E-state index in [1.807, 2.05) is 29.5 Å². The lowest BCUT2D eigenvalue weighted by molar-refractivity contribution is 1.18. The summed E-state index contributed by atoms with van der Waals surface area (Å²) in [5.41, 5.74) is 11.9. The fourth-order valence-electron chi connectivity index (χ4n) is 8.19.